The highest BCUT2D eigenvalue weighted by Gasteiger charge is 2.34. The number of rotatable bonds is 18. The van der Waals surface area contributed by atoms with Gasteiger partial charge < -0.3 is 18.9 Å². The van der Waals surface area contributed by atoms with Crippen molar-refractivity contribution in [3.63, 3.8) is 0 Å². The Labute approximate surface area is 459 Å². The van der Waals surface area contributed by atoms with Gasteiger partial charge in [-0.2, -0.15) is 9.36 Å². The molecule has 0 unspecified atom stereocenters. The lowest BCUT2D eigenvalue weighted by molar-refractivity contribution is 0.113. The molecule has 404 valence electrons. The number of aromatic nitrogens is 8. The molecule has 6 aromatic carbocycles. The Hall–Kier alpha value is -8.02. The zero-order valence-electron chi connectivity index (χ0n) is 46.2. The average Bonchev–Trinajstić information content (AvgIpc) is 4.20. The van der Waals surface area contributed by atoms with Gasteiger partial charge in [0.25, 0.3) is 0 Å². The summed E-state index contributed by atoms with van der Waals surface area (Å²) in [6, 6.07) is 45.3. The van der Waals surface area contributed by atoms with Crippen molar-refractivity contribution < 1.29 is 18.9 Å². The van der Waals surface area contributed by atoms with Crippen molar-refractivity contribution in [3.05, 3.63) is 202 Å². The number of ether oxygens (including phenoxy) is 4. The van der Waals surface area contributed by atoms with Crippen LogP contribution in [0.25, 0.3) is 23.5 Å². The summed E-state index contributed by atoms with van der Waals surface area (Å²) in [7, 11) is 6.64. The molecule has 0 N–H and O–H groups in total. The van der Waals surface area contributed by atoms with E-state index >= 15 is 0 Å². The van der Waals surface area contributed by atoms with Gasteiger partial charge in [0.05, 0.1) is 51.9 Å². The van der Waals surface area contributed by atoms with Gasteiger partial charge in [-0.25, -0.2) is 0 Å². The Kier molecular flexibility index (Phi) is 18.5. The minimum Gasteiger partial charge on any atom is -0.493 e. The largest absolute Gasteiger partial charge is 0.493 e. The number of para-hydroxylation sites is 2. The number of methoxy groups -OCH3 is 4. The summed E-state index contributed by atoms with van der Waals surface area (Å²) in [5.41, 5.74) is 11.1. The third-order valence-corrected chi connectivity index (χ3v) is 14.7. The second-order valence-corrected chi connectivity index (χ2v) is 19.7. The molecule has 0 spiro atoms. The summed E-state index contributed by atoms with van der Waals surface area (Å²) < 4.78 is 26.2. The number of benzene rings is 6. The number of piperazine rings is 2. The van der Waals surface area contributed by atoms with Crippen LogP contribution in [-0.2, 0) is 0 Å². The SMILES string of the molecule is COc1ccc([C@@H](c2nnnn2-c2c(C)cccc2C)N2CCN(C/C=C/c3ccccc3)CC2)cc1OC.COc1ccc([C@H](c2nnnn2-c2c(C)cccc2C)N2CCN(C/C=C/c3ccccc3)CC2)cc1OC. The van der Waals surface area contributed by atoms with E-state index in [1.54, 1.807) is 28.4 Å². The minimum atomic E-state index is -0.152. The van der Waals surface area contributed by atoms with Crippen molar-refractivity contribution in [2.45, 2.75) is 39.8 Å². The molecule has 0 radical (unpaired) electrons. The van der Waals surface area contributed by atoms with Gasteiger partial charge in [0.15, 0.2) is 34.6 Å². The number of hydrogen-bond donors (Lipinski definition) is 0. The number of nitrogens with zero attached hydrogens (tertiary/aromatic N) is 12. The topological polar surface area (TPSA) is 137 Å². The zero-order valence-corrected chi connectivity index (χ0v) is 46.2. The molecule has 2 aliphatic heterocycles. The summed E-state index contributed by atoms with van der Waals surface area (Å²) in [4.78, 5) is 9.90. The first-order valence-corrected chi connectivity index (χ1v) is 26.7. The molecule has 10 rings (SSSR count). The predicted octanol–water partition coefficient (Wildman–Crippen LogP) is 9.43. The molecule has 4 heterocycles. The predicted molar refractivity (Wildman–Crippen MR) is 307 cm³/mol. The molecule has 2 fully saturated rings. The van der Waals surface area contributed by atoms with Crippen LogP contribution in [0, 0.1) is 27.7 Å². The first kappa shape index (κ1) is 54.8. The maximum atomic E-state index is 5.66. The normalized spacial score (nSPS) is 15.5. The molecule has 2 saturated heterocycles. The van der Waals surface area contributed by atoms with Gasteiger partial charge in [-0.15, -0.1) is 10.2 Å². The number of tetrazole rings is 2. The second kappa shape index (κ2) is 26.4. The molecule has 16 heteroatoms. The van der Waals surface area contributed by atoms with Gasteiger partial charge in [-0.1, -0.05) is 133 Å². The van der Waals surface area contributed by atoms with Crippen LogP contribution >= 0.6 is 0 Å². The van der Waals surface area contributed by atoms with Gasteiger partial charge >= 0.3 is 0 Å². The fourth-order valence-electron chi connectivity index (χ4n) is 10.6. The van der Waals surface area contributed by atoms with Crippen molar-refractivity contribution in [1.29, 1.82) is 0 Å². The summed E-state index contributed by atoms with van der Waals surface area (Å²) in [5, 5.41) is 26.4. The van der Waals surface area contributed by atoms with Gasteiger partial charge in [0.1, 0.15) is 0 Å². The Morgan fingerprint density at radius 1 is 0.423 bits per heavy atom. The van der Waals surface area contributed by atoms with Crippen LogP contribution in [0.3, 0.4) is 0 Å². The first-order chi connectivity index (χ1) is 38.2. The van der Waals surface area contributed by atoms with E-state index < -0.39 is 0 Å². The van der Waals surface area contributed by atoms with E-state index in [2.05, 4.69) is 200 Å². The lowest BCUT2D eigenvalue weighted by Gasteiger charge is -2.38. The van der Waals surface area contributed by atoms with E-state index in [1.165, 1.54) is 11.1 Å². The second-order valence-electron chi connectivity index (χ2n) is 19.7. The van der Waals surface area contributed by atoms with Gasteiger partial charge in [-0.3, -0.25) is 19.6 Å². The number of hydrogen-bond acceptors (Lipinski definition) is 14. The highest BCUT2D eigenvalue weighted by molar-refractivity contribution is 5.52. The fraction of sp³-hybridized carbons (Fsp3) is 0.323. The fourth-order valence-corrected chi connectivity index (χ4v) is 10.6. The lowest BCUT2D eigenvalue weighted by atomic mass is 10.0. The third-order valence-electron chi connectivity index (χ3n) is 14.7. The molecular weight excluding hydrogens is 977 g/mol. The molecule has 78 heavy (non-hydrogen) atoms. The summed E-state index contributed by atoms with van der Waals surface area (Å²) >= 11 is 0. The maximum absolute atomic E-state index is 5.66. The van der Waals surface area contributed by atoms with E-state index in [0.29, 0.717) is 23.0 Å². The molecule has 2 atom stereocenters. The third kappa shape index (κ3) is 12.9. The summed E-state index contributed by atoms with van der Waals surface area (Å²) in [6.45, 7) is 17.6. The summed E-state index contributed by atoms with van der Waals surface area (Å²) in [5.74, 6) is 4.36. The van der Waals surface area contributed by atoms with Gasteiger partial charge in [0.2, 0.25) is 0 Å². The van der Waals surface area contributed by atoms with Crippen LogP contribution in [-0.4, -0.2) is 154 Å². The van der Waals surface area contributed by atoms with Crippen LogP contribution in [0.1, 0.15) is 68.2 Å². The molecular formula is C62H72N12O4. The molecule has 0 saturated carbocycles. The van der Waals surface area contributed by atoms with E-state index in [0.717, 1.165) is 122 Å². The first-order valence-electron chi connectivity index (χ1n) is 26.7. The van der Waals surface area contributed by atoms with Crippen LogP contribution in [0.2, 0.25) is 0 Å². The lowest BCUT2D eigenvalue weighted by Crippen LogP contribution is -2.48. The van der Waals surface area contributed by atoms with Crippen LogP contribution in [0.5, 0.6) is 23.0 Å². The molecule has 2 aromatic heterocycles. The van der Waals surface area contributed by atoms with Crippen molar-refractivity contribution in [1.82, 2.24) is 60.0 Å². The number of aryl methyl sites for hydroxylation is 4. The molecule has 2 aliphatic rings. The van der Waals surface area contributed by atoms with E-state index in [1.807, 2.05) is 45.8 Å². The summed E-state index contributed by atoms with van der Waals surface area (Å²) in [6.07, 6.45) is 8.88. The van der Waals surface area contributed by atoms with Crippen LogP contribution in [0.4, 0.5) is 0 Å². The highest BCUT2D eigenvalue weighted by Crippen LogP contribution is 2.38. The van der Waals surface area contributed by atoms with Crippen LogP contribution < -0.4 is 18.9 Å². The molecule has 0 bridgehead atoms. The average molecular weight is 1050 g/mol. The van der Waals surface area contributed by atoms with E-state index in [9.17, 15) is 0 Å². The van der Waals surface area contributed by atoms with E-state index in [4.69, 9.17) is 18.9 Å². The zero-order chi connectivity index (χ0) is 54.4. The maximum Gasteiger partial charge on any atom is 0.178 e. The molecule has 0 aliphatic carbocycles. The molecule has 16 nitrogen and oxygen atoms in total. The Morgan fingerprint density at radius 2 is 0.782 bits per heavy atom. The quantitative estimate of drug-likeness (QED) is 0.0807. The van der Waals surface area contributed by atoms with Crippen LogP contribution in [0.15, 0.2) is 146 Å². The van der Waals surface area contributed by atoms with Gasteiger partial charge in [-0.05, 0) is 117 Å². The standard InChI is InChI=1S/2C31H36N6O2/c2*1-23-10-8-11-24(2)29(23)37-31(32-33-34-37)30(26-15-16-27(38-3)28(22-26)39-4)36-20-18-35(19-21-36)17-9-14-25-12-6-5-7-13-25/h2*5-16,22,30H,17-21H2,1-4H3/b2*14-9+/t2*30-/m10/s1. The molecule has 0 amide bonds. The Balaban J connectivity index is 0.000000190. The van der Waals surface area contributed by atoms with Crippen molar-refractivity contribution in [3.8, 4) is 34.4 Å². The molecule has 8 aromatic rings. The monoisotopic (exact) mass is 1050 g/mol. The van der Waals surface area contributed by atoms with Gasteiger partial charge in [0, 0.05) is 65.4 Å². The smallest absolute Gasteiger partial charge is 0.178 e. The Morgan fingerprint density at radius 3 is 1.13 bits per heavy atom. The minimum absolute atomic E-state index is 0.152. The highest BCUT2D eigenvalue weighted by atomic mass is 16.5. The van der Waals surface area contributed by atoms with Crippen molar-refractivity contribution in [2.75, 3.05) is 93.9 Å². The van der Waals surface area contributed by atoms with Crippen molar-refractivity contribution in [2.24, 2.45) is 0 Å². The van der Waals surface area contributed by atoms with E-state index in [-0.39, 0.29) is 12.1 Å². The Bertz CT molecular complexity index is 3000. The van der Waals surface area contributed by atoms with Crippen molar-refractivity contribution >= 4 is 12.2 Å².